The zero-order valence-electron chi connectivity index (χ0n) is 16.8. The molecule has 0 bridgehead atoms. The number of imidazole rings is 1. The van der Waals surface area contributed by atoms with E-state index in [1.165, 1.54) is 0 Å². The molecular weight excluding hydrogens is 480 g/mol. The van der Waals surface area contributed by atoms with E-state index in [0.29, 0.717) is 28.9 Å². The summed E-state index contributed by atoms with van der Waals surface area (Å²) in [6.45, 7) is 3.77. The third kappa shape index (κ3) is 3.60. The number of nitrogens with zero attached hydrogens (tertiary/aromatic N) is 4. The van der Waals surface area contributed by atoms with Crippen LogP contribution in [0.25, 0.3) is 39.1 Å². The number of aromatic nitrogens is 5. The van der Waals surface area contributed by atoms with Crippen LogP contribution < -0.4 is 4.72 Å². The van der Waals surface area contributed by atoms with Crippen molar-refractivity contribution in [2.24, 2.45) is 0 Å². The lowest BCUT2D eigenvalue weighted by Gasteiger charge is -2.11. The van der Waals surface area contributed by atoms with Gasteiger partial charge < -0.3 is 4.98 Å². The van der Waals surface area contributed by atoms with Gasteiger partial charge >= 0.3 is 0 Å². The summed E-state index contributed by atoms with van der Waals surface area (Å²) in [4.78, 5) is 12.6. The predicted molar refractivity (Wildman–Crippen MR) is 123 cm³/mol. The number of halogens is 1. The summed E-state index contributed by atoms with van der Waals surface area (Å²) in [5.41, 5.74) is 3.60. The number of hydrogen-bond donors (Lipinski definition) is 2. The van der Waals surface area contributed by atoms with Crippen molar-refractivity contribution in [1.82, 2.24) is 29.3 Å². The van der Waals surface area contributed by atoms with Crippen LogP contribution >= 0.6 is 15.9 Å². The van der Waals surface area contributed by atoms with Gasteiger partial charge in [0.2, 0.25) is 10.0 Å². The number of fused-ring (bicyclic) bond motifs is 4. The Balaban J connectivity index is 1.59. The van der Waals surface area contributed by atoms with Gasteiger partial charge in [-0.2, -0.15) is 10.1 Å². The van der Waals surface area contributed by atoms with E-state index in [9.17, 15) is 8.42 Å². The molecule has 10 heteroatoms. The van der Waals surface area contributed by atoms with Crippen LogP contribution in [0.5, 0.6) is 0 Å². The Morgan fingerprint density at radius 2 is 1.94 bits per heavy atom. The summed E-state index contributed by atoms with van der Waals surface area (Å²) in [6.07, 6.45) is 2.54. The van der Waals surface area contributed by atoms with Crippen molar-refractivity contribution in [3.63, 3.8) is 0 Å². The average Bonchev–Trinajstić information content (AvgIpc) is 3.31. The molecule has 2 aromatic carbocycles. The molecule has 8 nitrogen and oxygen atoms in total. The van der Waals surface area contributed by atoms with Crippen molar-refractivity contribution in [2.75, 3.05) is 0 Å². The molecule has 1 atom stereocenters. The number of rotatable bonds is 5. The SMILES string of the molecule is CCC(C)NS(=O)(=O)c1ccc2c(c1)[nH]c1nc3nc(-c4ccc(Br)cc4)cn3nc12. The second kappa shape index (κ2) is 7.40. The van der Waals surface area contributed by atoms with E-state index in [-0.39, 0.29) is 10.9 Å². The van der Waals surface area contributed by atoms with Gasteiger partial charge in [0.25, 0.3) is 5.78 Å². The Bertz CT molecular complexity index is 1540. The molecule has 0 aliphatic heterocycles. The number of hydrogen-bond acceptors (Lipinski definition) is 5. The van der Waals surface area contributed by atoms with E-state index in [1.54, 1.807) is 22.7 Å². The van der Waals surface area contributed by atoms with E-state index in [0.717, 1.165) is 21.1 Å². The van der Waals surface area contributed by atoms with Crippen LogP contribution in [0.15, 0.2) is 58.0 Å². The lowest BCUT2D eigenvalue weighted by molar-refractivity contribution is 0.556. The molecule has 2 N–H and O–H groups in total. The fourth-order valence-electron chi connectivity index (χ4n) is 3.39. The molecule has 0 saturated heterocycles. The minimum atomic E-state index is -3.60. The molecule has 1 unspecified atom stereocenters. The summed E-state index contributed by atoms with van der Waals surface area (Å²) in [5, 5.41) is 5.47. The minimum Gasteiger partial charge on any atom is -0.338 e. The summed E-state index contributed by atoms with van der Waals surface area (Å²) in [5.74, 6) is 0.461. The maximum atomic E-state index is 12.6. The van der Waals surface area contributed by atoms with Gasteiger partial charge in [-0.05, 0) is 43.7 Å². The highest BCUT2D eigenvalue weighted by Crippen LogP contribution is 2.27. The van der Waals surface area contributed by atoms with Crippen LogP contribution in [0.1, 0.15) is 20.3 Å². The number of benzene rings is 2. The van der Waals surface area contributed by atoms with Gasteiger partial charge in [-0.1, -0.05) is 35.0 Å². The number of sulfonamides is 1. The lowest BCUT2D eigenvalue weighted by Crippen LogP contribution is -2.31. The first kappa shape index (κ1) is 20.1. The normalized spacial score (nSPS) is 13.4. The molecule has 0 fully saturated rings. The van der Waals surface area contributed by atoms with Crippen molar-refractivity contribution < 1.29 is 8.42 Å². The lowest BCUT2D eigenvalue weighted by atomic mass is 10.2. The van der Waals surface area contributed by atoms with Crippen molar-refractivity contribution in [1.29, 1.82) is 0 Å². The molecule has 5 rings (SSSR count). The summed E-state index contributed by atoms with van der Waals surface area (Å²) >= 11 is 3.44. The molecule has 0 spiro atoms. The first-order chi connectivity index (χ1) is 14.8. The summed E-state index contributed by atoms with van der Waals surface area (Å²) in [6, 6.07) is 12.7. The van der Waals surface area contributed by atoms with E-state index in [1.807, 2.05) is 44.3 Å². The molecule has 0 aliphatic carbocycles. The highest BCUT2D eigenvalue weighted by atomic mass is 79.9. The summed E-state index contributed by atoms with van der Waals surface area (Å²) < 4.78 is 30.6. The van der Waals surface area contributed by atoms with Crippen molar-refractivity contribution in [3.05, 3.63) is 53.1 Å². The van der Waals surface area contributed by atoms with Crippen molar-refractivity contribution >= 4 is 53.8 Å². The third-order valence-electron chi connectivity index (χ3n) is 5.23. The maximum absolute atomic E-state index is 12.6. The molecule has 3 heterocycles. The zero-order valence-corrected chi connectivity index (χ0v) is 19.2. The minimum absolute atomic E-state index is 0.139. The van der Waals surface area contributed by atoms with Gasteiger partial charge in [-0.3, -0.25) is 0 Å². The monoisotopic (exact) mass is 498 g/mol. The Kier molecular flexibility index (Phi) is 4.80. The Morgan fingerprint density at radius 3 is 2.68 bits per heavy atom. The molecule has 0 amide bonds. The third-order valence-corrected chi connectivity index (χ3v) is 7.35. The van der Waals surface area contributed by atoms with Gasteiger partial charge in [0, 0.05) is 21.5 Å². The van der Waals surface area contributed by atoms with Crippen LogP contribution in [0.2, 0.25) is 0 Å². The highest BCUT2D eigenvalue weighted by Gasteiger charge is 2.19. The van der Waals surface area contributed by atoms with Gasteiger partial charge in [0.1, 0.15) is 5.52 Å². The fourth-order valence-corrected chi connectivity index (χ4v) is 5.01. The quantitative estimate of drug-likeness (QED) is 0.376. The van der Waals surface area contributed by atoms with E-state index in [4.69, 9.17) is 0 Å². The molecule has 0 radical (unpaired) electrons. The fraction of sp³-hybridized carbons (Fsp3) is 0.190. The molecule has 0 saturated carbocycles. The zero-order chi connectivity index (χ0) is 21.8. The molecule has 31 heavy (non-hydrogen) atoms. The van der Waals surface area contributed by atoms with Crippen molar-refractivity contribution in [2.45, 2.75) is 31.2 Å². The molecule has 0 aliphatic rings. The molecule has 5 aromatic rings. The predicted octanol–water partition coefficient (Wildman–Crippen LogP) is 4.27. The van der Waals surface area contributed by atoms with Crippen LogP contribution in [0.4, 0.5) is 0 Å². The van der Waals surface area contributed by atoms with Gasteiger partial charge in [-0.25, -0.2) is 22.6 Å². The van der Waals surface area contributed by atoms with Crippen LogP contribution in [0, 0.1) is 0 Å². The van der Waals surface area contributed by atoms with Crippen LogP contribution in [0.3, 0.4) is 0 Å². The average molecular weight is 499 g/mol. The Morgan fingerprint density at radius 1 is 1.16 bits per heavy atom. The largest absolute Gasteiger partial charge is 0.338 e. The smallest absolute Gasteiger partial charge is 0.253 e. The van der Waals surface area contributed by atoms with Gasteiger partial charge in [0.05, 0.1) is 22.3 Å². The van der Waals surface area contributed by atoms with E-state index >= 15 is 0 Å². The first-order valence-electron chi connectivity index (χ1n) is 9.81. The molecular formula is C21H19BrN6O2S. The first-order valence-corrected chi connectivity index (χ1v) is 12.1. The Hall–Kier alpha value is -2.82. The number of aromatic amines is 1. The van der Waals surface area contributed by atoms with E-state index < -0.39 is 10.0 Å². The number of nitrogens with one attached hydrogen (secondary N) is 2. The van der Waals surface area contributed by atoms with E-state index in [2.05, 4.69) is 40.7 Å². The Labute approximate surface area is 186 Å². The van der Waals surface area contributed by atoms with Crippen LogP contribution in [-0.4, -0.2) is 39.0 Å². The molecule has 158 valence electrons. The second-order valence-corrected chi connectivity index (χ2v) is 10.1. The number of H-pyrrole nitrogens is 1. The van der Waals surface area contributed by atoms with Gasteiger partial charge in [-0.15, -0.1) is 0 Å². The standard InChI is InChI=1S/C21H19BrN6O2S/c1-3-12(2)27-31(29,30)15-8-9-16-17(10-15)23-20-19(16)26-28-11-18(24-21(28)25-20)13-4-6-14(22)7-5-13/h4-12,27H,3H2,1-2H3,(H,23,24,25). The van der Waals surface area contributed by atoms with Gasteiger partial charge in [0.15, 0.2) is 5.65 Å². The second-order valence-electron chi connectivity index (χ2n) is 7.45. The topological polar surface area (TPSA) is 105 Å². The highest BCUT2D eigenvalue weighted by molar-refractivity contribution is 9.10. The maximum Gasteiger partial charge on any atom is 0.253 e. The van der Waals surface area contributed by atoms with Crippen molar-refractivity contribution in [3.8, 4) is 11.3 Å². The summed E-state index contributed by atoms with van der Waals surface area (Å²) in [7, 11) is -3.60. The van der Waals surface area contributed by atoms with Crippen LogP contribution in [-0.2, 0) is 10.0 Å². The molecule has 3 aromatic heterocycles.